The van der Waals surface area contributed by atoms with Crippen molar-refractivity contribution in [3.05, 3.63) is 53.9 Å². The second-order valence-corrected chi connectivity index (χ2v) is 4.22. The van der Waals surface area contributed by atoms with Crippen LogP contribution in [0, 0.1) is 0 Å². The van der Waals surface area contributed by atoms with Gasteiger partial charge in [0.1, 0.15) is 5.75 Å². The maximum absolute atomic E-state index is 5.20. The molecule has 2 aromatic rings. The molecule has 1 aliphatic heterocycles. The molecule has 1 atom stereocenters. The molecule has 2 heterocycles. The summed E-state index contributed by atoms with van der Waals surface area (Å²) in [6.45, 7) is 0. The fourth-order valence-corrected chi connectivity index (χ4v) is 2.24. The van der Waals surface area contributed by atoms with Crippen LogP contribution in [0.4, 0.5) is 5.69 Å². The van der Waals surface area contributed by atoms with Crippen molar-refractivity contribution >= 4 is 5.69 Å². The van der Waals surface area contributed by atoms with Crippen molar-refractivity contribution in [1.29, 1.82) is 0 Å². The normalized spacial score (nSPS) is 17.4. The zero-order valence-corrected chi connectivity index (χ0v) is 9.68. The number of para-hydroxylation sites is 1. The predicted octanol–water partition coefficient (Wildman–Crippen LogP) is 2.80. The maximum atomic E-state index is 5.20. The van der Waals surface area contributed by atoms with Crippen LogP contribution in [0.5, 0.6) is 5.75 Å². The lowest BCUT2D eigenvalue weighted by Gasteiger charge is -2.12. The molecule has 1 aromatic heterocycles. The summed E-state index contributed by atoms with van der Waals surface area (Å²) in [5.41, 5.74) is 3.75. The topological polar surface area (TPSA) is 34.1 Å². The largest absolute Gasteiger partial charge is 0.495 e. The van der Waals surface area contributed by atoms with Gasteiger partial charge in [-0.15, -0.1) is 0 Å². The van der Waals surface area contributed by atoms with E-state index in [4.69, 9.17) is 4.74 Å². The Morgan fingerprint density at radius 1 is 1.29 bits per heavy atom. The second kappa shape index (κ2) is 4.09. The average Bonchev–Trinajstić information content (AvgIpc) is 2.82. The summed E-state index contributed by atoms with van der Waals surface area (Å²) in [6.07, 6.45) is 4.63. The summed E-state index contributed by atoms with van der Waals surface area (Å²) < 4.78 is 5.20. The first-order valence-corrected chi connectivity index (χ1v) is 5.70. The quantitative estimate of drug-likeness (QED) is 0.855. The first kappa shape index (κ1) is 10.1. The minimum absolute atomic E-state index is 0.301. The first-order valence-electron chi connectivity index (χ1n) is 5.70. The lowest BCUT2D eigenvalue weighted by molar-refractivity contribution is 0.412. The molecule has 0 radical (unpaired) electrons. The van der Waals surface area contributed by atoms with Gasteiger partial charge in [0, 0.05) is 11.9 Å². The highest BCUT2D eigenvalue weighted by Gasteiger charge is 2.21. The fourth-order valence-electron chi connectivity index (χ4n) is 2.24. The molecule has 1 unspecified atom stereocenters. The molecule has 1 aromatic carbocycles. The van der Waals surface area contributed by atoms with Gasteiger partial charge >= 0.3 is 0 Å². The number of pyridine rings is 1. The highest BCUT2D eigenvalue weighted by molar-refractivity contribution is 5.58. The van der Waals surface area contributed by atoms with Gasteiger partial charge in [-0.05, 0) is 29.7 Å². The van der Waals surface area contributed by atoms with E-state index >= 15 is 0 Å². The Bertz CT molecular complexity index is 514. The van der Waals surface area contributed by atoms with E-state index in [1.165, 1.54) is 16.8 Å². The summed E-state index contributed by atoms with van der Waals surface area (Å²) in [7, 11) is 1.66. The molecule has 0 amide bonds. The SMILES string of the molecule is COc1cncc(C2Cc3ccccc3N2)c1. The number of nitrogens with zero attached hydrogens (tertiary/aromatic N) is 1. The van der Waals surface area contributed by atoms with Crippen LogP contribution in [0.3, 0.4) is 0 Å². The molecule has 0 bridgehead atoms. The lowest BCUT2D eigenvalue weighted by atomic mass is 10.0. The van der Waals surface area contributed by atoms with E-state index in [9.17, 15) is 0 Å². The van der Waals surface area contributed by atoms with Crippen LogP contribution in [0.15, 0.2) is 42.7 Å². The second-order valence-electron chi connectivity index (χ2n) is 4.22. The molecule has 1 aliphatic rings. The Morgan fingerprint density at radius 3 is 3.00 bits per heavy atom. The van der Waals surface area contributed by atoms with Gasteiger partial charge in [0.05, 0.1) is 19.3 Å². The summed E-state index contributed by atoms with van der Waals surface area (Å²) in [4.78, 5) is 4.20. The molecule has 3 nitrogen and oxygen atoms in total. The van der Waals surface area contributed by atoms with Gasteiger partial charge in [-0.25, -0.2) is 0 Å². The van der Waals surface area contributed by atoms with Crippen LogP contribution in [-0.2, 0) is 6.42 Å². The van der Waals surface area contributed by atoms with E-state index < -0.39 is 0 Å². The zero-order valence-electron chi connectivity index (χ0n) is 9.68. The summed E-state index contributed by atoms with van der Waals surface area (Å²) in [6, 6.07) is 10.7. The van der Waals surface area contributed by atoms with Crippen molar-refractivity contribution in [3.8, 4) is 5.75 Å². The van der Waals surface area contributed by atoms with E-state index in [1.807, 2.05) is 12.3 Å². The molecule has 0 spiro atoms. The van der Waals surface area contributed by atoms with Gasteiger partial charge < -0.3 is 10.1 Å². The van der Waals surface area contributed by atoms with E-state index in [1.54, 1.807) is 13.3 Å². The number of rotatable bonds is 2. The molecule has 0 fully saturated rings. The monoisotopic (exact) mass is 226 g/mol. The van der Waals surface area contributed by atoms with Gasteiger partial charge in [0.15, 0.2) is 0 Å². The van der Waals surface area contributed by atoms with E-state index in [2.05, 4.69) is 34.6 Å². The van der Waals surface area contributed by atoms with Crippen molar-refractivity contribution in [1.82, 2.24) is 4.98 Å². The van der Waals surface area contributed by atoms with Crippen LogP contribution in [0.1, 0.15) is 17.2 Å². The number of anilines is 1. The Balaban J connectivity index is 1.88. The number of nitrogens with one attached hydrogen (secondary N) is 1. The molecular formula is C14H14N2O. The molecule has 0 saturated heterocycles. The molecular weight excluding hydrogens is 212 g/mol. The Hall–Kier alpha value is -2.03. The van der Waals surface area contributed by atoms with E-state index in [0.717, 1.165) is 12.2 Å². The zero-order chi connectivity index (χ0) is 11.7. The van der Waals surface area contributed by atoms with E-state index in [-0.39, 0.29) is 0 Å². The smallest absolute Gasteiger partial charge is 0.137 e. The van der Waals surface area contributed by atoms with Gasteiger partial charge in [-0.2, -0.15) is 0 Å². The van der Waals surface area contributed by atoms with Crippen LogP contribution in [-0.4, -0.2) is 12.1 Å². The number of hydrogen-bond acceptors (Lipinski definition) is 3. The number of hydrogen-bond donors (Lipinski definition) is 1. The third-order valence-electron chi connectivity index (χ3n) is 3.14. The van der Waals surface area contributed by atoms with Crippen LogP contribution < -0.4 is 10.1 Å². The molecule has 0 aliphatic carbocycles. The van der Waals surface area contributed by atoms with Crippen molar-refractivity contribution in [2.24, 2.45) is 0 Å². The van der Waals surface area contributed by atoms with Crippen molar-refractivity contribution in [2.75, 3.05) is 12.4 Å². The Labute approximate surface area is 100 Å². The maximum Gasteiger partial charge on any atom is 0.137 e. The molecule has 3 heteroatoms. The number of methoxy groups -OCH3 is 1. The molecule has 1 N–H and O–H groups in total. The highest BCUT2D eigenvalue weighted by Crippen LogP contribution is 2.34. The van der Waals surface area contributed by atoms with Gasteiger partial charge in [0.2, 0.25) is 0 Å². The minimum atomic E-state index is 0.301. The fraction of sp³-hybridized carbons (Fsp3) is 0.214. The third-order valence-corrected chi connectivity index (χ3v) is 3.14. The number of fused-ring (bicyclic) bond motifs is 1. The predicted molar refractivity (Wildman–Crippen MR) is 67.3 cm³/mol. The van der Waals surface area contributed by atoms with Gasteiger partial charge in [-0.1, -0.05) is 18.2 Å². The number of ether oxygens (including phenoxy) is 1. The molecule has 17 heavy (non-hydrogen) atoms. The number of aromatic nitrogens is 1. The summed E-state index contributed by atoms with van der Waals surface area (Å²) >= 11 is 0. The summed E-state index contributed by atoms with van der Waals surface area (Å²) in [5, 5.41) is 3.51. The molecule has 3 rings (SSSR count). The number of benzene rings is 1. The van der Waals surface area contributed by atoms with Gasteiger partial charge in [-0.3, -0.25) is 4.98 Å². The van der Waals surface area contributed by atoms with Gasteiger partial charge in [0.25, 0.3) is 0 Å². The third kappa shape index (κ3) is 1.84. The van der Waals surface area contributed by atoms with Crippen molar-refractivity contribution in [3.63, 3.8) is 0 Å². The Kier molecular flexibility index (Phi) is 2.44. The van der Waals surface area contributed by atoms with Crippen molar-refractivity contribution < 1.29 is 4.74 Å². The van der Waals surface area contributed by atoms with E-state index in [0.29, 0.717) is 6.04 Å². The Morgan fingerprint density at radius 2 is 2.18 bits per heavy atom. The molecule has 86 valence electrons. The summed E-state index contributed by atoms with van der Waals surface area (Å²) in [5.74, 6) is 0.806. The standard InChI is InChI=1S/C14H14N2O/c1-17-12-6-11(8-15-9-12)14-7-10-4-2-3-5-13(10)16-14/h2-6,8-9,14,16H,7H2,1H3. The first-order chi connectivity index (χ1) is 8.36. The van der Waals surface area contributed by atoms with Crippen LogP contribution in [0.2, 0.25) is 0 Å². The van der Waals surface area contributed by atoms with Crippen molar-refractivity contribution in [2.45, 2.75) is 12.5 Å². The lowest BCUT2D eigenvalue weighted by Crippen LogP contribution is -2.06. The average molecular weight is 226 g/mol. The van der Waals surface area contributed by atoms with Crippen LogP contribution in [0.25, 0.3) is 0 Å². The highest BCUT2D eigenvalue weighted by atomic mass is 16.5. The molecule has 0 saturated carbocycles. The van der Waals surface area contributed by atoms with Crippen LogP contribution >= 0.6 is 0 Å². The minimum Gasteiger partial charge on any atom is -0.495 e.